The van der Waals surface area contributed by atoms with Crippen LogP contribution in [0, 0.1) is 0 Å². The number of carbonyl (C=O) groups is 3. The van der Waals surface area contributed by atoms with Gasteiger partial charge in [-0.3, -0.25) is 10.1 Å². The second kappa shape index (κ2) is 9.00. The normalized spacial score (nSPS) is 15.1. The summed E-state index contributed by atoms with van der Waals surface area (Å²) in [5, 5.41) is 4.68. The Bertz CT molecular complexity index is 934. The third-order valence-corrected chi connectivity index (χ3v) is 5.71. The monoisotopic (exact) mass is 441 g/mol. The lowest BCUT2D eigenvalue weighted by Crippen LogP contribution is -2.45. The Morgan fingerprint density at radius 3 is 2.33 bits per heavy atom. The van der Waals surface area contributed by atoms with Crippen LogP contribution in [0.25, 0.3) is 0 Å². The zero-order valence-corrected chi connectivity index (χ0v) is 18.4. The first kappa shape index (κ1) is 23.6. The van der Waals surface area contributed by atoms with Gasteiger partial charge < -0.3 is 14.8 Å². The smallest absolute Gasteiger partial charge is 0.338 e. The molecular weight excluding hydrogens is 414 g/mol. The van der Waals surface area contributed by atoms with Gasteiger partial charge in [0.2, 0.25) is 10.0 Å². The molecule has 1 aromatic rings. The molecule has 0 aromatic heterocycles. The molecule has 166 valence electrons. The minimum absolute atomic E-state index is 0.0471. The average Bonchev–Trinajstić information content (AvgIpc) is 3.42. The number of amides is 3. The summed E-state index contributed by atoms with van der Waals surface area (Å²) >= 11 is 0. The van der Waals surface area contributed by atoms with Gasteiger partial charge in [-0.2, -0.15) is 0 Å². The van der Waals surface area contributed by atoms with Crippen molar-refractivity contribution in [2.45, 2.75) is 63.1 Å². The maximum absolute atomic E-state index is 12.7. The van der Waals surface area contributed by atoms with Crippen molar-refractivity contribution in [3.63, 3.8) is 0 Å². The summed E-state index contributed by atoms with van der Waals surface area (Å²) in [5.74, 6) is -1.67. The minimum Gasteiger partial charge on any atom is -0.495 e. The first-order chi connectivity index (χ1) is 13.8. The summed E-state index contributed by atoms with van der Waals surface area (Å²) in [6.07, 6.45) is 0.454. The van der Waals surface area contributed by atoms with Crippen LogP contribution in [0.1, 0.15) is 50.9 Å². The van der Waals surface area contributed by atoms with Crippen LogP contribution in [-0.2, 0) is 19.6 Å². The second-order valence-corrected chi connectivity index (χ2v) is 9.66. The number of imide groups is 1. The van der Waals surface area contributed by atoms with E-state index in [4.69, 9.17) is 9.47 Å². The fourth-order valence-corrected chi connectivity index (χ4v) is 4.03. The number of sulfonamides is 1. The van der Waals surface area contributed by atoms with Crippen LogP contribution in [0.5, 0.6) is 5.75 Å². The molecule has 1 saturated carbocycles. The van der Waals surface area contributed by atoms with Crippen molar-refractivity contribution in [3.05, 3.63) is 23.8 Å². The highest BCUT2D eigenvalue weighted by molar-refractivity contribution is 7.89. The van der Waals surface area contributed by atoms with Crippen molar-refractivity contribution < 1.29 is 32.3 Å². The van der Waals surface area contributed by atoms with Crippen molar-refractivity contribution in [1.29, 1.82) is 0 Å². The van der Waals surface area contributed by atoms with Crippen LogP contribution in [-0.4, -0.2) is 51.1 Å². The number of esters is 1. The van der Waals surface area contributed by atoms with Gasteiger partial charge in [-0.25, -0.2) is 22.7 Å². The molecule has 2 rings (SSSR count). The first-order valence-corrected chi connectivity index (χ1v) is 10.8. The Kier molecular flexibility index (Phi) is 7.09. The first-order valence-electron chi connectivity index (χ1n) is 9.37. The Hall–Kier alpha value is -2.66. The number of carbonyl (C=O) groups excluding carboxylic acids is 3. The molecule has 0 bridgehead atoms. The van der Waals surface area contributed by atoms with E-state index >= 15 is 0 Å². The largest absolute Gasteiger partial charge is 0.495 e. The van der Waals surface area contributed by atoms with E-state index < -0.39 is 39.6 Å². The highest BCUT2D eigenvalue weighted by Gasteiger charge is 2.28. The zero-order valence-electron chi connectivity index (χ0n) is 17.6. The molecule has 1 aliphatic carbocycles. The minimum atomic E-state index is -4.00. The van der Waals surface area contributed by atoms with Gasteiger partial charge in [0.05, 0.1) is 12.7 Å². The van der Waals surface area contributed by atoms with Crippen LogP contribution in [0.4, 0.5) is 4.79 Å². The molecule has 0 heterocycles. The third kappa shape index (κ3) is 6.70. The maximum atomic E-state index is 12.7. The lowest BCUT2D eigenvalue weighted by molar-refractivity contribution is -0.127. The summed E-state index contributed by atoms with van der Waals surface area (Å²) < 4.78 is 38.1. The number of nitrogens with one attached hydrogen (secondary N) is 3. The number of hydrogen-bond acceptors (Lipinski definition) is 7. The fraction of sp³-hybridized carbons (Fsp3) is 0.526. The SMILES string of the molecule is COc1ccc(C(=O)OC(C)C(=O)NC(=O)NC2CC2)cc1S(=O)(=O)NC(C)(C)C. The summed E-state index contributed by atoms with van der Waals surface area (Å²) in [6, 6.07) is 3.16. The van der Waals surface area contributed by atoms with Crippen molar-refractivity contribution in [2.24, 2.45) is 0 Å². The molecule has 0 saturated heterocycles. The van der Waals surface area contributed by atoms with Crippen molar-refractivity contribution in [2.75, 3.05) is 7.11 Å². The average molecular weight is 442 g/mol. The van der Waals surface area contributed by atoms with Gasteiger partial charge in [-0.15, -0.1) is 0 Å². The van der Waals surface area contributed by atoms with E-state index in [1.165, 1.54) is 26.2 Å². The molecule has 1 aliphatic rings. The lowest BCUT2D eigenvalue weighted by Gasteiger charge is -2.21. The molecule has 3 amide bonds. The summed E-state index contributed by atoms with van der Waals surface area (Å²) in [7, 11) is -2.69. The molecule has 3 N–H and O–H groups in total. The quantitative estimate of drug-likeness (QED) is 0.542. The Balaban J connectivity index is 2.13. The van der Waals surface area contributed by atoms with E-state index in [2.05, 4.69) is 15.4 Å². The maximum Gasteiger partial charge on any atom is 0.338 e. The molecule has 30 heavy (non-hydrogen) atoms. The van der Waals surface area contributed by atoms with Crippen LogP contribution in [0.3, 0.4) is 0 Å². The predicted molar refractivity (Wildman–Crippen MR) is 108 cm³/mol. The van der Waals surface area contributed by atoms with Crippen molar-refractivity contribution >= 4 is 27.9 Å². The van der Waals surface area contributed by atoms with Crippen LogP contribution >= 0.6 is 0 Å². The Morgan fingerprint density at radius 1 is 1.17 bits per heavy atom. The zero-order chi connectivity index (χ0) is 22.7. The molecule has 1 atom stereocenters. The van der Waals surface area contributed by atoms with Gasteiger partial charge in [-0.05, 0) is 58.7 Å². The van der Waals surface area contributed by atoms with Gasteiger partial charge in [0.1, 0.15) is 10.6 Å². The topological polar surface area (TPSA) is 140 Å². The van der Waals surface area contributed by atoms with E-state index in [0.717, 1.165) is 18.9 Å². The van der Waals surface area contributed by atoms with Gasteiger partial charge in [0, 0.05) is 11.6 Å². The standard InChI is InChI=1S/C19H27N3O7S/c1-11(16(23)21-18(25)20-13-7-8-13)29-17(24)12-6-9-14(28-5)15(10-12)30(26,27)22-19(2,3)4/h6,9-11,13,22H,7-8H2,1-5H3,(H2,20,21,23,25). The number of ether oxygens (including phenoxy) is 2. The van der Waals surface area contributed by atoms with Gasteiger partial charge in [0.15, 0.2) is 6.10 Å². The number of rotatable bonds is 7. The number of urea groups is 1. The third-order valence-electron chi connectivity index (χ3n) is 3.93. The number of hydrogen-bond donors (Lipinski definition) is 3. The summed E-state index contributed by atoms with van der Waals surface area (Å²) in [6.45, 7) is 6.33. The number of methoxy groups -OCH3 is 1. The number of benzene rings is 1. The Morgan fingerprint density at radius 2 is 1.80 bits per heavy atom. The molecule has 1 fully saturated rings. The van der Waals surface area contributed by atoms with Gasteiger partial charge in [0.25, 0.3) is 5.91 Å². The van der Waals surface area contributed by atoms with E-state index in [1.807, 2.05) is 0 Å². The highest BCUT2D eigenvalue weighted by atomic mass is 32.2. The van der Waals surface area contributed by atoms with E-state index in [9.17, 15) is 22.8 Å². The summed E-state index contributed by atoms with van der Waals surface area (Å²) in [4.78, 5) is 35.9. The van der Waals surface area contributed by atoms with Crippen LogP contribution < -0.4 is 20.1 Å². The van der Waals surface area contributed by atoms with E-state index in [0.29, 0.717) is 0 Å². The molecule has 0 aliphatic heterocycles. The van der Waals surface area contributed by atoms with Gasteiger partial charge in [-0.1, -0.05) is 0 Å². The second-order valence-electron chi connectivity index (χ2n) is 8.01. The molecule has 0 spiro atoms. The molecule has 1 aromatic carbocycles. The molecular formula is C19H27N3O7S. The van der Waals surface area contributed by atoms with E-state index in [1.54, 1.807) is 20.8 Å². The van der Waals surface area contributed by atoms with E-state index in [-0.39, 0.29) is 22.3 Å². The van der Waals surface area contributed by atoms with Crippen LogP contribution in [0.15, 0.2) is 23.1 Å². The van der Waals surface area contributed by atoms with Gasteiger partial charge >= 0.3 is 12.0 Å². The Labute approximate surface area is 175 Å². The van der Waals surface area contributed by atoms with Crippen LogP contribution in [0.2, 0.25) is 0 Å². The summed E-state index contributed by atoms with van der Waals surface area (Å²) in [5.41, 5.74) is -0.847. The lowest BCUT2D eigenvalue weighted by atomic mass is 10.1. The molecule has 10 nitrogen and oxygen atoms in total. The highest BCUT2D eigenvalue weighted by Crippen LogP contribution is 2.26. The predicted octanol–water partition coefficient (Wildman–Crippen LogP) is 1.31. The van der Waals surface area contributed by atoms with Crippen molar-refractivity contribution in [3.8, 4) is 5.75 Å². The molecule has 0 radical (unpaired) electrons. The molecule has 11 heteroatoms. The fourth-order valence-electron chi connectivity index (χ4n) is 2.42. The van der Waals surface area contributed by atoms with Crippen molar-refractivity contribution in [1.82, 2.24) is 15.4 Å². The molecule has 1 unspecified atom stereocenters.